The maximum atomic E-state index is 11.4. The summed E-state index contributed by atoms with van der Waals surface area (Å²) in [5, 5.41) is 5.07. The first-order valence-corrected chi connectivity index (χ1v) is 11.7. The largest absolute Gasteiger partial charge is 0.493 e. The van der Waals surface area contributed by atoms with E-state index in [1.807, 2.05) is 13.2 Å². The van der Waals surface area contributed by atoms with Gasteiger partial charge in [-0.3, -0.25) is 0 Å². The molecular weight excluding hydrogens is 378 g/mol. The summed E-state index contributed by atoms with van der Waals surface area (Å²) in [6.07, 6.45) is 8.36. The van der Waals surface area contributed by atoms with Gasteiger partial charge in [-0.05, 0) is 85.0 Å². The van der Waals surface area contributed by atoms with Crippen LogP contribution in [0.15, 0.2) is 12.1 Å². The van der Waals surface area contributed by atoms with Gasteiger partial charge in [0.1, 0.15) is 0 Å². The van der Waals surface area contributed by atoms with Crippen molar-refractivity contribution in [3.8, 4) is 11.5 Å². The summed E-state index contributed by atoms with van der Waals surface area (Å²) in [5.41, 5.74) is 2.70. The van der Waals surface area contributed by atoms with Crippen molar-refractivity contribution < 1.29 is 22.1 Å². The molecule has 3 aliphatic rings. The second-order valence-electron chi connectivity index (χ2n) is 8.89. The quantitative estimate of drug-likeness (QED) is 0.822. The molecule has 5 atom stereocenters. The van der Waals surface area contributed by atoms with Crippen molar-refractivity contribution in [1.82, 2.24) is 0 Å². The second kappa shape index (κ2) is 7.18. The Balaban J connectivity index is 1.69. The van der Waals surface area contributed by atoms with Gasteiger partial charge in [-0.15, -0.1) is 0 Å². The van der Waals surface area contributed by atoms with Crippen molar-refractivity contribution >= 4 is 10.3 Å². The van der Waals surface area contributed by atoms with Crippen LogP contribution < -0.4 is 14.1 Å². The molecule has 6 nitrogen and oxygen atoms in total. The Bertz CT molecular complexity index is 855. The normalized spacial score (nSPS) is 34.7. The maximum Gasteiger partial charge on any atom is 0.380 e. The molecule has 0 aliphatic heterocycles. The molecule has 0 spiro atoms. The van der Waals surface area contributed by atoms with Gasteiger partial charge in [-0.1, -0.05) is 13.3 Å². The Morgan fingerprint density at radius 2 is 1.89 bits per heavy atom. The lowest BCUT2D eigenvalue weighted by atomic mass is 9.50. The molecule has 0 heterocycles. The Morgan fingerprint density at radius 3 is 2.57 bits per heavy atom. The third-order valence-electron chi connectivity index (χ3n) is 7.65. The molecule has 0 aromatic heterocycles. The number of fused-ring (bicyclic) bond motifs is 5. The lowest BCUT2D eigenvalue weighted by Gasteiger charge is -2.57. The molecule has 2 fully saturated rings. The Hall–Kier alpha value is -1.31. The highest BCUT2D eigenvalue weighted by molar-refractivity contribution is 7.84. The summed E-state index contributed by atoms with van der Waals surface area (Å²) in [4.78, 5) is 0. The molecule has 0 amide bonds. The zero-order valence-electron chi connectivity index (χ0n) is 16.9. The minimum atomic E-state index is -4.09. The van der Waals surface area contributed by atoms with Gasteiger partial charge < -0.3 is 13.7 Å². The first-order valence-electron chi connectivity index (χ1n) is 10.2. The summed E-state index contributed by atoms with van der Waals surface area (Å²) in [7, 11) is -0.699. The van der Waals surface area contributed by atoms with Crippen LogP contribution in [0.4, 0.5) is 0 Å². The standard InChI is InChI=1S/C21H31NO5S/c1-21-10-9-14-15(17(21)5-4-6-20(21)26-3)8-7-13-11-19(27-28(22,23)24)18(25-2)12-16(13)14/h11-12,14-15,17,20H,4-10H2,1-3H3,(H2,22,23,24)/t14?,15?,17?,20-,21-/m0/s1. The van der Waals surface area contributed by atoms with E-state index in [1.165, 1.54) is 31.9 Å². The van der Waals surface area contributed by atoms with Gasteiger partial charge in [0.25, 0.3) is 0 Å². The molecule has 0 bridgehead atoms. The molecule has 4 rings (SSSR count). The van der Waals surface area contributed by atoms with E-state index >= 15 is 0 Å². The van der Waals surface area contributed by atoms with Gasteiger partial charge in [-0.25, -0.2) is 0 Å². The number of hydrogen-bond donors (Lipinski definition) is 1. The molecule has 156 valence electrons. The van der Waals surface area contributed by atoms with Gasteiger partial charge in [-0.2, -0.15) is 13.6 Å². The molecule has 2 saturated carbocycles. The van der Waals surface area contributed by atoms with Crippen molar-refractivity contribution in [2.24, 2.45) is 22.4 Å². The lowest BCUT2D eigenvalue weighted by Crippen LogP contribution is -2.51. The van der Waals surface area contributed by atoms with Crippen LogP contribution in [0.25, 0.3) is 0 Å². The van der Waals surface area contributed by atoms with Crippen molar-refractivity contribution in [3.05, 3.63) is 23.3 Å². The van der Waals surface area contributed by atoms with Crippen LogP contribution in [0.3, 0.4) is 0 Å². The molecule has 0 saturated heterocycles. The van der Waals surface area contributed by atoms with Crippen LogP contribution in [-0.4, -0.2) is 28.7 Å². The summed E-state index contributed by atoms with van der Waals surface area (Å²) < 4.78 is 39.1. The molecule has 1 aromatic carbocycles. The average molecular weight is 410 g/mol. The highest BCUT2D eigenvalue weighted by Crippen LogP contribution is 2.60. The third kappa shape index (κ3) is 3.31. The highest BCUT2D eigenvalue weighted by atomic mass is 32.2. The number of benzene rings is 1. The van der Waals surface area contributed by atoms with Crippen molar-refractivity contribution in [2.45, 2.75) is 63.9 Å². The molecule has 7 heteroatoms. The summed E-state index contributed by atoms with van der Waals surface area (Å²) in [5.74, 6) is 2.40. The average Bonchev–Trinajstić information content (AvgIpc) is 2.64. The van der Waals surface area contributed by atoms with E-state index in [1.54, 1.807) is 6.07 Å². The van der Waals surface area contributed by atoms with Gasteiger partial charge in [0.05, 0.1) is 13.2 Å². The van der Waals surface area contributed by atoms with E-state index in [4.69, 9.17) is 18.8 Å². The minimum absolute atomic E-state index is 0.181. The summed E-state index contributed by atoms with van der Waals surface area (Å²) in [6, 6.07) is 3.79. The van der Waals surface area contributed by atoms with Crippen molar-refractivity contribution in [3.63, 3.8) is 0 Å². The number of ether oxygens (including phenoxy) is 2. The predicted octanol–water partition coefficient (Wildman–Crippen LogP) is 3.54. The maximum absolute atomic E-state index is 11.4. The molecule has 3 aliphatic carbocycles. The van der Waals surface area contributed by atoms with E-state index in [0.717, 1.165) is 31.2 Å². The van der Waals surface area contributed by atoms with Crippen LogP contribution >= 0.6 is 0 Å². The second-order valence-corrected chi connectivity index (χ2v) is 10.0. The van der Waals surface area contributed by atoms with E-state index in [9.17, 15) is 8.42 Å². The molecule has 2 N–H and O–H groups in total. The van der Waals surface area contributed by atoms with Gasteiger partial charge in [0.2, 0.25) is 0 Å². The smallest absolute Gasteiger partial charge is 0.380 e. The number of methoxy groups -OCH3 is 2. The summed E-state index contributed by atoms with van der Waals surface area (Å²) >= 11 is 0. The fourth-order valence-electron chi connectivity index (χ4n) is 6.46. The Kier molecular flexibility index (Phi) is 5.13. The fourth-order valence-corrected chi connectivity index (χ4v) is 6.84. The van der Waals surface area contributed by atoms with Crippen molar-refractivity contribution in [1.29, 1.82) is 0 Å². The van der Waals surface area contributed by atoms with Crippen LogP contribution in [-0.2, 0) is 21.5 Å². The zero-order valence-corrected chi connectivity index (χ0v) is 17.8. The van der Waals surface area contributed by atoms with Crippen LogP contribution in [0.2, 0.25) is 0 Å². The lowest BCUT2D eigenvalue weighted by molar-refractivity contribution is -0.114. The molecule has 3 unspecified atom stereocenters. The fraction of sp³-hybridized carbons (Fsp3) is 0.714. The van der Waals surface area contributed by atoms with Gasteiger partial charge in [0.15, 0.2) is 11.5 Å². The zero-order chi connectivity index (χ0) is 20.1. The molecule has 1 aromatic rings. The van der Waals surface area contributed by atoms with E-state index < -0.39 is 10.3 Å². The monoisotopic (exact) mass is 409 g/mol. The Morgan fingerprint density at radius 1 is 1.11 bits per heavy atom. The number of nitrogens with two attached hydrogens (primary N) is 1. The molecule has 28 heavy (non-hydrogen) atoms. The van der Waals surface area contributed by atoms with Crippen LogP contribution in [0.5, 0.6) is 11.5 Å². The molecular formula is C21H31NO5S. The van der Waals surface area contributed by atoms with E-state index in [-0.39, 0.29) is 11.2 Å². The highest BCUT2D eigenvalue weighted by Gasteiger charge is 2.53. The van der Waals surface area contributed by atoms with Crippen molar-refractivity contribution in [2.75, 3.05) is 14.2 Å². The number of hydrogen-bond acceptors (Lipinski definition) is 5. The SMILES string of the molecule is COc1cc2c(cc1OS(N)(=O)=O)CCC1C2CC[C@@]2(C)C1CCC[C@@H]2OC. The molecule has 0 radical (unpaired) electrons. The number of rotatable bonds is 4. The first kappa shape index (κ1) is 20.0. The van der Waals surface area contributed by atoms with Gasteiger partial charge in [0, 0.05) is 7.11 Å². The van der Waals surface area contributed by atoms with E-state index in [0.29, 0.717) is 29.6 Å². The minimum Gasteiger partial charge on any atom is -0.493 e. The first-order chi connectivity index (χ1) is 13.3. The predicted molar refractivity (Wildman–Crippen MR) is 107 cm³/mol. The summed E-state index contributed by atoms with van der Waals surface area (Å²) in [6.45, 7) is 2.43. The van der Waals surface area contributed by atoms with Crippen LogP contribution in [0, 0.1) is 17.3 Å². The topological polar surface area (TPSA) is 87.9 Å². The van der Waals surface area contributed by atoms with Gasteiger partial charge >= 0.3 is 10.3 Å². The number of aryl methyl sites for hydroxylation is 1. The third-order valence-corrected chi connectivity index (χ3v) is 8.07. The van der Waals surface area contributed by atoms with Crippen LogP contribution in [0.1, 0.15) is 62.5 Å². The van der Waals surface area contributed by atoms with E-state index in [2.05, 4.69) is 6.92 Å². The Labute approximate surface area is 168 Å².